The van der Waals surface area contributed by atoms with Crippen molar-refractivity contribution in [1.29, 1.82) is 0 Å². The van der Waals surface area contributed by atoms with E-state index in [-0.39, 0.29) is 5.91 Å². The Bertz CT molecular complexity index is 876. The molecular formula is C20H21N5O2. The quantitative estimate of drug-likeness (QED) is 0.753. The van der Waals surface area contributed by atoms with E-state index in [4.69, 9.17) is 4.74 Å². The van der Waals surface area contributed by atoms with Gasteiger partial charge in [-0.05, 0) is 35.9 Å². The van der Waals surface area contributed by atoms with E-state index in [1.165, 1.54) is 0 Å². The molecule has 1 amide bonds. The van der Waals surface area contributed by atoms with Crippen molar-refractivity contribution >= 4 is 11.6 Å². The maximum Gasteiger partial charge on any atom is 0.246 e. The Morgan fingerprint density at radius 1 is 1.11 bits per heavy atom. The highest BCUT2D eigenvalue weighted by molar-refractivity contribution is 5.95. The van der Waals surface area contributed by atoms with E-state index in [0.29, 0.717) is 26.3 Å². The number of anilines is 1. The van der Waals surface area contributed by atoms with Crippen LogP contribution in [0.25, 0.3) is 5.69 Å². The average Bonchev–Trinajstić information content (AvgIpc) is 3.25. The molecule has 3 aromatic rings. The molecule has 1 aliphatic heterocycles. The number of carbonyl (C=O) groups excluding carboxylic acids is 1. The van der Waals surface area contributed by atoms with Crippen molar-refractivity contribution in [3.8, 4) is 5.69 Å². The highest BCUT2D eigenvalue weighted by Gasteiger charge is 2.29. The van der Waals surface area contributed by atoms with Crippen LogP contribution in [0, 0.1) is 0 Å². The third-order valence-electron chi connectivity index (χ3n) is 4.54. The topological polar surface area (TPSA) is 72.3 Å². The molecule has 3 heterocycles. The number of hydrogen-bond donors (Lipinski definition) is 1. The van der Waals surface area contributed by atoms with E-state index in [2.05, 4.69) is 20.3 Å². The van der Waals surface area contributed by atoms with Gasteiger partial charge in [0.15, 0.2) is 0 Å². The summed E-state index contributed by atoms with van der Waals surface area (Å²) in [5, 5.41) is 7.29. The Morgan fingerprint density at radius 3 is 2.74 bits per heavy atom. The van der Waals surface area contributed by atoms with Crippen molar-refractivity contribution in [2.24, 2.45) is 0 Å². The Labute approximate surface area is 157 Å². The highest BCUT2D eigenvalue weighted by atomic mass is 16.5. The fourth-order valence-corrected chi connectivity index (χ4v) is 3.26. The number of nitrogens with one attached hydrogen (secondary N) is 1. The Balaban J connectivity index is 1.57. The molecule has 1 unspecified atom stereocenters. The molecule has 0 spiro atoms. The molecule has 7 nitrogen and oxygen atoms in total. The van der Waals surface area contributed by atoms with Crippen LogP contribution < -0.4 is 5.32 Å². The van der Waals surface area contributed by atoms with E-state index in [1.807, 2.05) is 48.7 Å². The summed E-state index contributed by atoms with van der Waals surface area (Å²) in [5.41, 5.74) is 2.50. The second kappa shape index (κ2) is 8.11. The van der Waals surface area contributed by atoms with Gasteiger partial charge in [0.1, 0.15) is 6.04 Å². The molecule has 1 atom stereocenters. The number of hydrogen-bond acceptors (Lipinski definition) is 5. The van der Waals surface area contributed by atoms with Gasteiger partial charge in [0.25, 0.3) is 0 Å². The fourth-order valence-electron chi connectivity index (χ4n) is 3.26. The number of nitrogens with zero attached hydrogens (tertiary/aromatic N) is 4. The number of carbonyl (C=O) groups is 1. The molecule has 138 valence electrons. The fraction of sp³-hybridized carbons (Fsp3) is 0.250. The Morgan fingerprint density at radius 2 is 2.00 bits per heavy atom. The summed E-state index contributed by atoms with van der Waals surface area (Å²) in [4.78, 5) is 19.5. The lowest BCUT2D eigenvalue weighted by Gasteiger charge is -2.33. The summed E-state index contributed by atoms with van der Waals surface area (Å²) in [6.45, 7) is 2.66. The van der Waals surface area contributed by atoms with E-state index in [1.54, 1.807) is 23.3 Å². The van der Waals surface area contributed by atoms with Gasteiger partial charge in [0, 0.05) is 43.6 Å². The first-order chi connectivity index (χ1) is 13.3. The molecule has 0 bridgehead atoms. The summed E-state index contributed by atoms with van der Waals surface area (Å²) < 4.78 is 7.20. The summed E-state index contributed by atoms with van der Waals surface area (Å²) in [6.07, 6.45) is 7.06. The summed E-state index contributed by atoms with van der Waals surface area (Å²) in [5.74, 6) is -0.0810. The molecule has 7 heteroatoms. The van der Waals surface area contributed by atoms with Crippen LogP contribution in [0.1, 0.15) is 11.6 Å². The van der Waals surface area contributed by atoms with E-state index in [0.717, 1.165) is 16.9 Å². The zero-order chi connectivity index (χ0) is 18.5. The zero-order valence-corrected chi connectivity index (χ0v) is 14.9. The van der Waals surface area contributed by atoms with Crippen LogP contribution >= 0.6 is 0 Å². The van der Waals surface area contributed by atoms with Crippen molar-refractivity contribution in [2.45, 2.75) is 6.04 Å². The predicted molar refractivity (Wildman–Crippen MR) is 102 cm³/mol. The lowest BCUT2D eigenvalue weighted by Crippen LogP contribution is -2.43. The van der Waals surface area contributed by atoms with Gasteiger partial charge in [-0.2, -0.15) is 5.10 Å². The normalized spacial score (nSPS) is 16.0. The van der Waals surface area contributed by atoms with Gasteiger partial charge in [-0.25, -0.2) is 4.68 Å². The molecule has 0 radical (unpaired) electrons. The minimum absolute atomic E-state index is 0.0810. The van der Waals surface area contributed by atoms with E-state index >= 15 is 0 Å². The summed E-state index contributed by atoms with van der Waals surface area (Å²) in [7, 11) is 0. The standard InChI is InChI=1S/C20H21N5O2/c26-20(23-17-5-1-6-18(14-17)25-9-3-8-22-25)19(16-4-2-7-21-15-16)24-10-12-27-13-11-24/h1-9,14-15,19H,10-13H2,(H,23,26). The monoisotopic (exact) mass is 363 g/mol. The maximum absolute atomic E-state index is 13.2. The van der Waals surface area contributed by atoms with Crippen molar-refractivity contribution in [1.82, 2.24) is 19.7 Å². The first-order valence-corrected chi connectivity index (χ1v) is 8.94. The third kappa shape index (κ3) is 4.05. The third-order valence-corrected chi connectivity index (χ3v) is 4.54. The SMILES string of the molecule is O=C(Nc1cccc(-n2cccn2)c1)C(c1cccnc1)N1CCOCC1. The molecule has 1 aromatic carbocycles. The van der Waals surface area contributed by atoms with Gasteiger partial charge in [0.05, 0.1) is 18.9 Å². The average molecular weight is 363 g/mol. The Hall–Kier alpha value is -3.03. The highest BCUT2D eigenvalue weighted by Crippen LogP contribution is 2.24. The molecular weight excluding hydrogens is 342 g/mol. The molecule has 1 N–H and O–H groups in total. The molecule has 1 saturated heterocycles. The van der Waals surface area contributed by atoms with Crippen molar-refractivity contribution in [3.63, 3.8) is 0 Å². The largest absolute Gasteiger partial charge is 0.379 e. The number of aromatic nitrogens is 3. The van der Waals surface area contributed by atoms with Gasteiger partial charge in [-0.1, -0.05) is 12.1 Å². The smallest absolute Gasteiger partial charge is 0.246 e. The van der Waals surface area contributed by atoms with Gasteiger partial charge < -0.3 is 10.1 Å². The minimum Gasteiger partial charge on any atom is -0.379 e. The van der Waals surface area contributed by atoms with Crippen LogP contribution in [0.5, 0.6) is 0 Å². The molecule has 0 aliphatic carbocycles. The summed E-state index contributed by atoms with van der Waals surface area (Å²) in [6, 6.07) is 12.9. The zero-order valence-electron chi connectivity index (χ0n) is 14.9. The first kappa shape index (κ1) is 17.4. The maximum atomic E-state index is 13.2. The van der Waals surface area contributed by atoms with Crippen LogP contribution in [0.2, 0.25) is 0 Å². The first-order valence-electron chi connectivity index (χ1n) is 8.94. The van der Waals surface area contributed by atoms with Crippen LogP contribution in [-0.2, 0) is 9.53 Å². The van der Waals surface area contributed by atoms with Crippen LogP contribution in [0.4, 0.5) is 5.69 Å². The van der Waals surface area contributed by atoms with Crippen molar-refractivity contribution in [3.05, 3.63) is 72.8 Å². The second-order valence-corrected chi connectivity index (χ2v) is 6.33. The molecule has 2 aromatic heterocycles. The number of morpholine rings is 1. The number of amides is 1. The summed E-state index contributed by atoms with van der Waals surface area (Å²) >= 11 is 0. The lowest BCUT2D eigenvalue weighted by atomic mass is 10.1. The van der Waals surface area contributed by atoms with E-state index < -0.39 is 6.04 Å². The molecule has 0 saturated carbocycles. The molecule has 4 rings (SSSR count). The van der Waals surface area contributed by atoms with Crippen LogP contribution in [0.15, 0.2) is 67.3 Å². The number of rotatable bonds is 5. The predicted octanol–water partition coefficient (Wildman–Crippen LogP) is 2.28. The lowest BCUT2D eigenvalue weighted by molar-refractivity contribution is -0.123. The van der Waals surface area contributed by atoms with Gasteiger partial charge >= 0.3 is 0 Å². The van der Waals surface area contributed by atoms with Crippen molar-refractivity contribution < 1.29 is 9.53 Å². The van der Waals surface area contributed by atoms with Crippen LogP contribution in [0.3, 0.4) is 0 Å². The van der Waals surface area contributed by atoms with Gasteiger partial charge in [-0.3, -0.25) is 14.7 Å². The molecule has 1 fully saturated rings. The van der Waals surface area contributed by atoms with Gasteiger partial charge in [-0.15, -0.1) is 0 Å². The molecule has 1 aliphatic rings. The van der Waals surface area contributed by atoms with Gasteiger partial charge in [0.2, 0.25) is 5.91 Å². The van der Waals surface area contributed by atoms with Crippen LogP contribution in [-0.4, -0.2) is 51.9 Å². The molecule has 27 heavy (non-hydrogen) atoms. The second-order valence-electron chi connectivity index (χ2n) is 6.33. The minimum atomic E-state index is -0.407. The Kier molecular flexibility index (Phi) is 5.22. The number of benzene rings is 1. The van der Waals surface area contributed by atoms with E-state index in [9.17, 15) is 4.79 Å². The number of ether oxygens (including phenoxy) is 1. The number of pyridine rings is 1. The van der Waals surface area contributed by atoms with Crippen molar-refractivity contribution in [2.75, 3.05) is 31.6 Å².